The van der Waals surface area contributed by atoms with E-state index in [1.807, 2.05) is 71.3 Å². The summed E-state index contributed by atoms with van der Waals surface area (Å²) in [6.45, 7) is 40.6. The molecular formula is C94H145Br3Cl3F8IN16O21S2. The molecule has 844 valence electrons. The molecule has 2 aromatic carbocycles. The van der Waals surface area contributed by atoms with Gasteiger partial charge in [-0.15, -0.1) is 0 Å². The van der Waals surface area contributed by atoms with Crippen LogP contribution in [0.25, 0.3) is 0 Å². The fraction of sp³-hybridized carbons (Fsp3) is 0.638. The number of aromatic nitrogens is 6. The smallest absolute Gasteiger partial charge is 0.381 e. The number of nitrogens with one attached hydrogen (secondary N) is 3. The normalized spacial score (nSPS) is 20.2. The summed E-state index contributed by atoms with van der Waals surface area (Å²) < 4.78 is 171. The van der Waals surface area contributed by atoms with Crippen molar-refractivity contribution in [1.29, 1.82) is 0 Å². The number of nitrogens with zero attached hydrogens (tertiary/aromatic N) is 11. The minimum Gasteiger partial charge on any atom is -1.00 e. The Hall–Kier alpha value is -7.04. The Labute approximate surface area is 920 Å². The first-order valence-corrected chi connectivity index (χ1v) is 54.0. The van der Waals surface area contributed by atoms with E-state index in [2.05, 4.69) is 182 Å². The van der Waals surface area contributed by atoms with Gasteiger partial charge in [0.05, 0.1) is 61.4 Å². The van der Waals surface area contributed by atoms with E-state index < -0.39 is 135 Å². The molecule has 11 N–H and O–H groups in total. The van der Waals surface area contributed by atoms with E-state index >= 15 is 0 Å². The standard InChI is InChI=1S/C16H26BrN5O3S.C12H12F2O2.C10H13BrClN3O.C8H10F2O4.C7H8O.C6H14N2O2S.C6H13NO.2C6H15N.C6H8O4.C4HBrCl2N2.C4H2F4O3.C3H8N.HI/c1-16(23)7-3-4-13(16)20-14-12(17)10-18-15(21-14)19-11-5-8-22(9-6-11)26(2,24)25;1-9(7-11(13)14)12(15)16-8-10-5-3-2-4-6-10;1-10(16)4-2-3-7(10)14-8-6(11)5-13-9(12)15-8;1-8(2)13-6(11)4(3-5(9)10)7(12)14-8;8-6-7-4-2-1-3-5-7;1-11(9,10)8-4-2-6(7)3-5-8;1-6(8)4-2-3-5(6)7;2*1-4-7(5-2)6-3;1-6(2)9-4(7)3-5(8)10-6;5-2-1-8-4(7)9-3(2)6;5-1(6)3(9)11-4(10)2(7)8;1-4(2)3;/h10-11,13,23H,3-9H2,1-2H3,(H2,18,19,20,21);2-6,11H,1,7-8H2;5,7,16H,2-4H2,1H3,(H,13,14,15);4-5H,3H2,1-2H3;1-5,8H,6H2;6H,2-5,7H2,1H3;5,8H,2-4,7H2,1H3;2*4-6H2,1-3H3;3H2,1-2H3;1H;1-2H;1H2,2-3H3;1H/q;;;;;;;;;;;;+1;/p-1/t13-,16-;;7-,10-;;;;5-,6-;;;;;;;/m1.1...1......./s1. The van der Waals surface area contributed by atoms with Gasteiger partial charge in [0.15, 0.2) is 5.92 Å². The van der Waals surface area contributed by atoms with Crippen LogP contribution in [0, 0.1) is 5.92 Å². The Bertz CT molecular complexity index is 4950. The van der Waals surface area contributed by atoms with Gasteiger partial charge < -0.3 is 110 Å². The fourth-order valence-electron chi connectivity index (χ4n) is 13.4. The highest BCUT2D eigenvalue weighted by Gasteiger charge is 2.45. The van der Waals surface area contributed by atoms with E-state index in [4.69, 9.17) is 56.1 Å². The molecule has 0 unspecified atom stereocenters. The van der Waals surface area contributed by atoms with E-state index in [9.17, 15) is 101 Å². The number of ether oxygens (including phenoxy) is 6. The molecule has 37 nitrogen and oxygen atoms in total. The number of cyclic esters (lactones) is 4. The van der Waals surface area contributed by atoms with Crippen LogP contribution in [0.15, 0.2) is 105 Å². The van der Waals surface area contributed by atoms with E-state index in [-0.39, 0.29) is 90.0 Å². The minimum atomic E-state index is -3.57. The number of anilines is 3. The van der Waals surface area contributed by atoms with Crippen LogP contribution in [-0.4, -0.2) is 315 Å². The minimum absolute atomic E-state index is 0. The number of esters is 7. The third-order valence-corrected chi connectivity index (χ3v) is 26.9. The predicted octanol–water partition coefficient (Wildman–Crippen LogP) is 12.2. The topological polar surface area (TPSA) is 506 Å². The second-order valence-corrected chi connectivity index (χ2v) is 42.9. The number of hydrogen-bond acceptors (Lipinski definition) is 34. The van der Waals surface area contributed by atoms with Gasteiger partial charge in [-0.25, -0.2) is 81.9 Å². The summed E-state index contributed by atoms with van der Waals surface area (Å²) in [5.74, 6) is -10.4. The van der Waals surface area contributed by atoms with Crippen LogP contribution in [0.4, 0.5) is 52.7 Å². The maximum absolute atomic E-state index is 11.9. The number of carbonyl (C=O) groups excluding carboxylic acids is 7. The zero-order chi connectivity index (χ0) is 113. The maximum atomic E-state index is 11.9. The van der Waals surface area contributed by atoms with E-state index in [1.54, 1.807) is 41.2 Å². The quantitative estimate of drug-likeness (QED) is 0.00265. The number of nitrogens with two attached hydrogens (primary N) is 2. The summed E-state index contributed by atoms with van der Waals surface area (Å²) in [6.07, 6.45) is 4.38. The van der Waals surface area contributed by atoms with Gasteiger partial charge in [0, 0.05) is 109 Å². The molecule has 7 fully saturated rings. The SMILES string of the molecule is C=C(CC(F)F)C(=O)OCc1ccccc1.C=[N+](C)C.CC1(C)OC(=O)C(CC(F)F)C(=O)O1.CC1(C)OC(=O)CC(=O)O1.CCN(CC)CC.CCN(CC)CC.CS(=O)(=O)N1CCC(N)CC1.C[C@@]1(O)CCC[C@H]1N.C[C@@]1(O)CCC[C@H]1Nc1nc(Cl)ncc1Br.C[C@@]1(O)CCC[C@H]1Nc1nc(NC2CCN(S(C)(=O)=O)CC2)ncc1Br.Clc1ncc(Br)c(Cl)n1.O=C(OC(=O)C(F)F)C(F)F.OCc1ccccc1.[I-]. The first-order valence-electron chi connectivity index (χ1n) is 46.8. The van der Waals surface area contributed by atoms with Gasteiger partial charge in [0.25, 0.3) is 11.6 Å². The summed E-state index contributed by atoms with van der Waals surface area (Å²) >= 11 is 26.6. The summed E-state index contributed by atoms with van der Waals surface area (Å²) in [5.41, 5.74) is 10.8. The molecule has 0 bridgehead atoms. The molecule has 3 aromatic heterocycles. The van der Waals surface area contributed by atoms with Gasteiger partial charge in [-0.05, 0) is 226 Å². The lowest BCUT2D eigenvalue weighted by atomic mass is 10.0. The Kier molecular flexibility index (Phi) is 70.1. The molecule has 5 aromatic rings. The maximum Gasteiger partial charge on any atom is 0.381 e. The fourth-order valence-corrected chi connectivity index (χ4v) is 16.4. The van der Waals surface area contributed by atoms with Crippen LogP contribution in [0.3, 0.4) is 0 Å². The van der Waals surface area contributed by atoms with E-state index in [0.29, 0.717) is 66.2 Å². The van der Waals surface area contributed by atoms with Crippen molar-refractivity contribution in [1.82, 2.24) is 48.3 Å². The van der Waals surface area contributed by atoms with Crippen molar-refractivity contribution < 1.29 is 163 Å². The third kappa shape index (κ3) is 62.3. The van der Waals surface area contributed by atoms with Crippen LogP contribution in [0.1, 0.15) is 204 Å². The summed E-state index contributed by atoms with van der Waals surface area (Å²) in [6, 6.07) is 18.8. The number of hydrogen-bond donors (Lipinski definition) is 9. The second kappa shape index (κ2) is 72.6. The largest absolute Gasteiger partial charge is 1.00 e. The van der Waals surface area contributed by atoms with Crippen LogP contribution in [0.2, 0.25) is 15.7 Å². The van der Waals surface area contributed by atoms with Gasteiger partial charge in [-0.2, -0.15) is 27.5 Å². The molecular weight excluding hydrogens is 2380 g/mol. The Morgan fingerprint density at radius 2 is 0.932 bits per heavy atom. The van der Waals surface area contributed by atoms with Crippen molar-refractivity contribution >= 4 is 169 Å². The Morgan fingerprint density at radius 3 is 1.25 bits per heavy atom. The van der Waals surface area contributed by atoms with Crippen molar-refractivity contribution in [3.63, 3.8) is 0 Å². The lowest BCUT2D eigenvalue weighted by Crippen LogP contribution is -3.00. The van der Waals surface area contributed by atoms with Crippen molar-refractivity contribution in [2.24, 2.45) is 17.4 Å². The van der Waals surface area contributed by atoms with Gasteiger partial charge >= 0.3 is 54.6 Å². The highest BCUT2D eigenvalue weighted by Crippen LogP contribution is 2.36. The number of aliphatic hydroxyl groups excluding tert-OH is 1. The number of halogens is 15. The highest BCUT2D eigenvalue weighted by atomic mass is 127. The molecule has 54 heteroatoms. The van der Waals surface area contributed by atoms with Gasteiger partial charge in [-0.3, -0.25) is 19.2 Å². The molecule has 6 atom stereocenters. The molecule has 7 heterocycles. The van der Waals surface area contributed by atoms with Gasteiger partial charge in [0.1, 0.15) is 50.6 Å². The van der Waals surface area contributed by atoms with Crippen molar-refractivity contribution in [2.75, 3.05) is 108 Å². The molecule has 7 aliphatic rings. The number of sulfonamides is 2. The van der Waals surface area contributed by atoms with E-state index in [1.165, 1.54) is 94.3 Å². The Morgan fingerprint density at radius 1 is 0.561 bits per heavy atom. The molecule has 0 radical (unpaired) electrons. The van der Waals surface area contributed by atoms with Crippen molar-refractivity contribution in [2.45, 2.75) is 290 Å². The van der Waals surface area contributed by atoms with Crippen LogP contribution in [0.5, 0.6) is 0 Å². The number of alkyl halides is 8. The molecule has 3 saturated carbocycles. The molecule has 3 aliphatic carbocycles. The number of carbonyl (C=O) groups is 7. The average molecular weight is 2520 g/mol. The summed E-state index contributed by atoms with van der Waals surface area (Å²) in [5, 5.41) is 49.0. The van der Waals surface area contributed by atoms with Crippen LogP contribution >= 0.6 is 82.6 Å². The molecule has 12 rings (SSSR count). The van der Waals surface area contributed by atoms with Crippen molar-refractivity contribution in [3.8, 4) is 0 Å². The molecule has 4 aliphatic heterocycles. The zero-order valence-corrected chi connectivity index (χ0v) is 97.1. The molecule has 4 saturated heterocycles. The Balaban J connectivity index is 0. The summed E-state index contributed by atoms with van der Waals surface area (Å²) in [7, 11) is -2.32. The first kappa shape index (κ1) is 143. The number of aliphatic hydroxyl groups is 4. The van der Waals surface area contributed by atoms with E-state index in [0.717, 1.165) is 90.7 Å². The number of piperidine rings is 2. The zero-order valence-electron chi connectivity index (χ0n) is 86.3. The predicted molar refractivity (Wildman–Crippen MR) is 556 cm³/mol. The van der Waals surface area contributed by atoms with Gasteiger partial charge in [-0.1, -0.05) is 120 Å². The first-order chi connectivity index (χ1) is 68.2. The lowest BCUT2D eigenvalue weighted by molar-refractivity contribution is -0.454. The molecule has 0 spiro atoms. The van der Waals surface area contributed by atoms with Crippen LogP contribution < -0.4 is 51.4 Å². The number of rotatable bonds is 24. The molecule has 148 heavy (non-hydrogen) atoms. The monoisotopic (exact) mass is 2520 g/mol. The van der Waals surface area contributed by atoms with Gasteiger partial charge in [0.2, 0.25) is 49.4 Å². The number of benzene rings is 2. The second-order valence-electron chi connectivity index (χ2n) is 35.3. The third-order valence-electron chi connectivity index (χ3n) is 21.7. The lowest BCUT2D eigenvalue weighted by Gasteiger charge is -2.32. The highest BCUT2D eigenvalue weighted by molar-refractivity contribution is 9.11. The van der Waals surface area contributed by atoms with Crippen molar-refractivity contribution in [3.05, 3.63) is 132 Å². The average Bonchev–Trinajstić information content (AvgIpc) is 1.29. The summed E-state index contributed by atoms with van der Waals surface area (Å²) in [4.78, 5) is 103. The molecule has 0 amide bonds. The van der Waals surface area contributed by atoms with Crippen LogP contribution in [-0.2, 0) is 95.2 Å².